The fourth-order valence-electron chi connectivity index (χ4n) is 3.98. The van der Waals surface area contributed by atoms with E-state index in [1.54, 1.807) is 22.9 Å². The Kier molecular flexibility index (Phi) is 6.65. The number of esters is 1. The molecule has 1 aliphatic rings. The second-order valence-electron chi connectivity index (χ2n) is 7.99. The average molecular weight is 444 g/mol. The number of aryl methyl sites for hydroxylation is 1. The minimum Gasteiger partial charge on any atom is -0.451 e. The lowest BCUT2D eigenvalue weighted by atomic mass is 9.97. The zero-order valence-electron chi connectivity index (χ0n) is 17.5. The summed E-state index contributed by atoms with van der Waals surface area (Å²) in [5.41, 5.74) is 1.47. The number of rotatable bonds is 5. The van der Waals surface area contributed by atoms with Crippen molar-refractivity contribution in [2.45, 2.75) is 57.9 Å². The third kappa shape index (κ3) is 5.12. The Hall–Kier alpha value is -2.74. The van der Waals surface area contributed by atoms with Crippen molar-refractivity contribution in [1.82, 2.24) is 15.1 Å². The molecule has 1 aliphatic carbocycles. The molecule has 8 heteroatoms. The molecule has 2 heterocycles. The highest BCUT2D eigenvalue weighted by Gasteiger charge is 2.20. The summed E-state index contributed by atoms with van der Waals surface area (Å²) < 4.78 is 20.2. The molecule has 1 saturated carbocycles. The number of nitrogens with zero attached hydrogens (tertiary/aromatic N) is 2. The van der Waals surface area contributed by atoms with Crippen LogP contribution in [0.4, 0.5) is 4.39 Å². The molecule has 0 bridgehead atoms. The Labute approximate surface area is 184 Å². The lowest BCUT2D eigenvalue weighted by Gasteiger charge is -2.20. The first-order chi connectivity index (χ1) is 15.0. The number of carbonyl (C=O) groups excluding carboxylic acids is 2. The van der Waals surface area contributed by atoms with E-state index < -0.39 is 5.97 Å². The van der Waals surface area contributed by atoms with Gasteiger partial charge in [0.05, 0.1) is 11.4 Å². The Bertz CT molecular complexity index is 1070. The molecular formula is C23H26FN3O3S. The van der Waals surface area contributed by atoms with Gasteiger partial charge in [0.2, 0.25) is 0 Å². The number of aromatic nitrogens is 2. The summed E-state index contributed by atoms with van der Waals surface area (Å²) in [4.78, 5) is 26.0. The summed E-state index contributed by atoms with van der Waals surface area (Å²) in [5, 5.41) is 8.33. The maximum absolute atomic E-state index is 13.2. The fourth-order valence-corrected chi connectivity index (χ4v) is 5.05. The fraction of sp³-hybridized carbons (Fsp3) is 0.435. The van der Waals surface area contributed by atoms with E-state index in [1.807, 2.05) is 6.92 Å². The van der Waals surface area contributed by atoms with Crippen LogP contribution >= 0.6 is 11.3 Å². The molecule has 0 spiro atoms. The highest BCUT2D eigenvalue weighted by molar-refractivity contribution is 7.20. The number of amides is 1. The molecule has 2 aromatic heterocycles. The Morgan fingerprint density at radius 2 is 1.84 bits per heavy atom. The minimum absolute atomic E-state index is 0.167. The summed E-state index contributed by atoms with van der Waals surface area (Å²) in [6.07, 6.45) is 7.90. The van der Waals surface area contributed by atoms with E-state index in [1.165, 1.54) is 42.7 Å². The number of carbonyl (C=O) groups is 2. The first-order valence-corrected chi connectivity index (χ1v) is 11.5. The van der Waals surface area contributed by atoms with Gasteiger partial charge in [-0.25, -0.2) is 13.9 Å². The van der Waals surface area contributed by atoms with Crippen LogP contribution in [0.5, 0.6) is 0 Å². The number of benzene rings is 1. The normalized spacial score (nSPS) is 15.4. The molecule has 0 atom stereocenters. The van der Waals surface area contributed by atoms with Gasteiger partial charge in [0.15, 0.2) is 6.61 Å². The summed E-state index contributed by atoms with van der Waals surface area (Å²) in [5.74, 6) is -1.11. The van der Waals surface area contributed by atoms with Crippen molar-refractivity contribution in [1.29, 1.82) is 0 Å². The smallest absolute Gasteiger partial charge is 0.348 e. The van der Waals surface area contributed by atoms with Crippen LogP contribution in [0, 0.1) is 12.7 Å². The maximum Gasteiger partial charge on any atom is 0.348 e. The van der Waals surface area contributed by atoms with Crippen LogP contribution in [0.3, 0.4) is 0 Å². The van der Waals surface area contributed by atoms with E-state index in [9.17, 15) is 14.0 Å². The topological polar surface area (TPSA) is 73.2 Å². The summed E-state index contributed by atoms with van der Waals surface area (Å²) in [6, 6.07) is 7.92. The van der Waals surface area contributed by atoms with Crippen LogP contribution < -0.4 is 5.32 Å². The Morgan fingerprint density at radius 1 is 1.16 bits per heavy atom. The van der Waals surface area contributed by atoms with Gasteiger partial charge < -0.3 is 10.1 Å². The van der Waals surface area contributed by atoms with Crippen molar-refractivity contribution in [3.05, 3.63) is 46.7 Å². The van der Waals surface area contributed by atoms with Gasteiger partial charge in [-0.3, -0.25) is 4.79 Å². The molecule has 1 fully saturated rings. The Balaban J connectivity index is 1.40. The molecule has 0 radical (unpaired) electrons. The highest BCUT2D eigenvalue weighted by Crippen LogP contribution is 2.31. The first kappa shape index (κ1) is 21.5. The van der Waals surface area contributed by atoms with Crippen molar-refractivity contribution in [3.8, 4) is 5.69 Å². The molecule has 0 saturated heterocycles. The third-order valence-electron chi connectivity index (χ3n) is 5.62. The van der Waals surface area contributed by atoms with E-state index in [2.05, 4.69) is 10.4 Å². The second-order valence-corrected chi connectivity index (χ2v) is 9.02. The predicted octanol–water partition coefficient (Wildman–Crippen LogP) is 4.92. The number of hydrogen-bond acceptors (Lipinski definition) is 5. The molecule has 164 valence electrons. The van der Waals surface area contributed by atoms with Crippen molar-refractivity contribution in [2.75, 3.05) is 6.61 Å². The van der Waals surface area contributed by atoms with Gasteiger partial charge in [-0.15, -0.1) is 11.3 Å². The number of nitrogens with one attached hydrogen (secondary N) is 1. The molecular weight excluding hydrogens is 417 g/mol. The van der Waals surface area contributed by atoms with Crippen molar-refractivity contribution < 1.29 is 18.7 Å². The van der Waals surface area contributed by atoms with Gasteiger partial charge in [-0.1, -0.05) is 32.1 Å². The van der Waals surface area contributed by atoms with Crippen LogP contribution in [-0.4, -0.2) is 34.3 Å². The molecule has 1 amide bonds. The number of ether oxygens (including phenoxy) is 1. The molecule has 31 heavy (non-hydrogen) atoms. The SMILES string of the molecule is Cc1nn(-c2ccc(F)cc2)c2sc(C(=O)OCC(=O)NC3CCCCCCC3)cc12. The number of fused-ring (bicyclic) bond motifs is 1. The molecule has 6 nitrogen and oxygen atoms in total. The monoisotopic (exact) mass is 443 g/mol. The standard InChI is InChI=1S/C23H26FN3O3S/c1-15-19-13-20(31-22(19)27(26-15)18-11-9-16(24)10-12-18)23(29)30-14-21(28)25-17-7-5-3-2-4-6-8-17/h9-13,17H,2-8,14H2,1H3,(H,25,28). The summed E-state index contributed by atoms with van der Waals surface area (Å²) >= 11 is 1.24. The van der Waals surface area contributed by atoms with Gasteiger partial charge in [0.1, 0.15) is 15.5 Å². The lowest BCUT2D eigenvalue weighted by Crippen LogP contribution is -2.38. The summed E-state index contributed by atoms with van der Waals surface area (Å²) in [7, 11) is 0. The zero-order chi connectivity index (χ0) is 21.8. The maximum atomic E-state index is 13.2. The lowest BCUT2D eigenvalue weighted by molar-refractivity contribution is -0.125. The van der Waals surface area contributed by atoms with Gasteiger partial charge in [0, 0.05) is 11.4 Å². The van der Waals surface area contributed by atoms with Crippen LogP contribution in [0.25, 0.3) is 15.9 Å². The van der Waals surface area contributed by atoms with Gasteiger partial charge in [-0.2, -0.15) is 5.10 Å². The van der Waals surface area contributed by atoms with Gasteiger partial charge >= 0.3 is 5.97 Å². The van der Waals surface area contributed by atoms with E-state index in [0.717, 1.165) is 41.6 Å². The molecule has 1 N–H and O–H groups in total. The molecule has 0 unspecified atom stereocenters. The van der Waals surface area contributed by atoms with Crippen molar-refractivity contribution in [2.24, 2.45) is 0 Å². The van der Waals surface area contributed by atoms with Crippen LogP contribution in [-0.2, 0) is 9.53 Å². The minimum atomic E-state index is -0.529. The van der Waals surface area contributed by atoms with Crippen LogP contribution in [0.1, 0.15) is 60.3 Å². The van der Waals surface area contributed by atoms with Gasteiger partial charge in [0.25, 0.3) is 5.91 Å². The second kappa shape index (κ2) is 9.60. The van der Waals surface area contributed by atoms with E-state index >= 15 is 0 Å². The average Bonchev–Trinajstić information content (AvgIpc) is 3.30. The largest absolute Gasteiger partial charge is 0.451 e. The summed E-state index contributed by atoms with van der Waals surface area (Å²) in [6.45, 7) is 1.57. The first-order valence-electron chi connectivity index (χ1n) is 10.7. The van der Waals surface area contributed by atoms with Gasteiger partial charge in [-0.05, 0) is 50.1 Å². The highest BCUT2D eigenvalue weighted by atomic mass is 32.1. The molecule has 4 rings (SSSR count). The molecule has 1 aromatic carbocycles. The third-order valence-corrected chi connectivity index (χ3v) is 6.71. The number of hydrogen-bond donors (Lipinski definition) is 1. The van der Waals surface area contributed by atoms with E-state index in [0.29, 0.717) is 10.6 Å². The molecule has 3 aromatic rings. The van der Waals surface area contributed by atoms with Crippen LogP contribution in [0.15, 0.2) is 30.3 Å². The molecule has 0 aliphatic heterocycles. The quantitative estimate of drug-likeness (QED) is 0.568. The predicted molar refractivity (Wildman–Crippen MR) is 118 cm³/mol. The number of thiophene rings is 1. The Morgan fingerprint density at radius 3 is 2.55 bits per heavy atom. The van der Waals surface area contributed by atoms with E-state index in [4.69, 9.17) is 4.74 Å². The van der Waals surface area contributed by atoms with Crippen molar-refractivity contribution >= 4 is 33.4 Å². The van der Waals surface area contributed by atoms with Crippen LogP contribution in [0.2, 0.25) is 0 Å². The zero-order valence-corrected chi connectivity index (χ0v) is 18.3. The van der Waals surface area contributed by atoms with E-state index in [-0.39, 0.29) is 24.4 Å². The number of halogens is 1. The van der Waals surface area contributed by atoms with Crippen molar-refractivity contribution in [3.63, 3.8) is 0 Å².